The second kappa shape index (κ2) is 6.98. The van der Waals surface area contributed by atoms with E-state index in [0.29, 0.717) is 30.3 Å². The van der Waals surface area contributed by atoms with Crippen LogP contribution in [0.2, 0.25) is 0 Å². The van der Waals surface area contributed by atoms with Crippen LogP contribution in [0.5, 0.6) is 0 Å². The average Bonchev–Trinajstić information content (AvgIpc) is 2.46. The third-order valence-electron chi connectivity index (χ3n) is 3.54. The topological polar surface area (TPSA) is 57.6 Å². The van der Waals surface area contributed by atoms with Crippen molar-refractivity contribution in [3.8, 4) is 0 Å². The third kappa shape index (κ3) is 4.00. The number of aliphatic carboxylic acids is 1. The Morgan fingerprint density at radius 2 is 2.05 bits per heavy atom. The van der Waals surface area contributed by atoms with Crippen LogP contribution >= 0.6 is 11.8 Å². The van der Waals surface area contributed by atoms with Crippen LogP contribution in [0.4, 0.5) is 0 Å². The van der Waals surface area contributed by atoms with Crippen LogP contribution < -0.4 is 0 Å². The van der Waals surface area contributed by atoms with Crippen molar-refractivity contribution >= 4 is 23.6 Å². The molecular weight excluding hydrogens is 286 g/mol. The van der Waals surface area contributed by atoms with E-state index in [1.54, 1.807) is 16.7 Å². The quantitative estimate of drug-likeness (QED) is 0.868. The Labute approximate surface area is 129 Å². The summed E-state index contributed by atoms with van der Waals surface area (Å²) in [5.74, 6) is -1.30. The third-order valence-corrected chi connectivity index (χ3v) is 4.62. The van der Waals surface area contributed by atoms with Gasteiger partial charge in [0, 0.05) is 23.2 Å². The highest BCUT2D eigenvalue weighted by molar-refractivity contribution is 8.00. The van der Waals surface area contributed by atoms with Crippen LogP contribution in [0.15, 0.2) is 29.2 Å². The minimum atomic E-state index is -0.808. The smallest absolute Gasteiger partial charge is 0.308 e. The number of carboxylic acids is 1. The molecule has 5 heteroatoms. The summed E-state index contributed by atoms with van der Waals surface area (Å²) >= 11 is 1.66. The number of carboxylic acid groups (broad SMARTS) is 1. The van der Waals surface area contributed by atoms with Crippen molar-refractivity contribution in [1.29, 1.82) is 0 Å². The lowest BCUT2D eigenvalue weighted by atomic mass is 9.97. The number of amides is 1. The van der Waals surface area contributed by atoms with Crippen molar-refractivity contribution in [1.82, 2.24) is 4.90 Å². The van der Waals surface area contributed by atoms with Crippen molar-refractivity contribution in [2.24, 2.45) is 5.92 Å². The van der Waals surface area contributed by atoms with E-state index in [-0.39, 0.29) is 5.91 Å². The lowest BCUT2D eigenvalue weighted by molar-refractivity contribution is -0.143. The largest absolute Gasteiger partial charge is 0.481 e. The van der Waals surface area contributed by atoms with E-state index in [9.17, 15) is 9.59 Å². The van der Waals surface area contributed by atoms with Gasteiger partial charge >= 0.3 is 5.97 Å². The average molecular weight is 307 g/mol. The summed E-state index contributed by atoms with van der Waals surface area (Å²) < 4.78 is 0. The maximum absolute atomic E-state index is 12.7. The molecule has 1 amide bonds. The minimum Gasteiger partial charge on any atom is -0.481 e. The second-order valence-electron chi connectivity index (χ2n) is 5.59. The van der Waals surface area contributed by atoms with Crippen molar-refractivity contribution < 1.29 is 14.7 Å². The molecule has 0 radical (unpaired) electrons. The van der Waals surface area contributed by atoms with E-state index in [1.165, 1.54) is 0 Å². The van der Waals surface area contributed by atoms with E-state index in [4.69, 9.17) is 5.11 Å². The first-order valence-corrected chi connectivity index (χ1v) is 8.14. The Kier molecular flexibility index (Phi) is 5.28. The van der Waals surface area contributed by atoms with Crippen LogP contribution in [-0.2, 0) is 4.79 Å². The number of nitrogens with zero attached hydrogens (tertiary/aromatic N) is 1. The van der Waals surface area contributed by atoms with Crippen molar-refractivity contribution in [2.75, 3.05) is 13.1 Å². The highest BCUT2D eigenvalue weighted by atomic mass is 32.2. The number of benzene rings is 1. The van der Waals surface area contributed by atoms with Crippen LogP contribution in [-0.4, -0.2) is 40.2 Å². The lowest BCUT2D eigenvalue weighted by Crippen LogP contribution is -2.42. The van der Waals surface area contributed by atoms with E-state index in [2.05, 4.69) is 13.8 Å². The minimum absolute atomic E-state index is 0.0512. The van der Waals surface area contributed by atoms with Gasteiger partial charge < -0.3 is 10.0 Å². The van der Waals surface area contributed by atoms with Gasteiger partial charge in [0.15, 0.2) is 0 Å². The molecule has 0 aromatic heterocycles. The number of hydrogen-bond acceptors (Lipinski definition) is 3. The highest BCUT2D eigenvalue weighted by Gasteiger charge is 2.29. The molecule has 1 heterocycles. The van der Waals surface area contributed by atoms with Crippen LogP contribution in [0.3, 0.4) is 0 Å². The number of rotatable bonds is 4. The molecule has 1 aliphatic rings. The summed E-state index contributed by atoms with van der Waals surface area (Å²) in [6, 6.07) is 7.57. The summed E-state index contributed by atoms with van der Waals surface area (Å²) in [6.07, 6.45) is 1.41. The van der Waals surface area contributed by atoms with Gasteiger partial charge in [-0.2, -0.15) is 0 Å². The lowest BCUT2D eigenvalue weighted by Gasteiger charge is -2.31. The molecule has 1 aromatic rings. The first-order valence-electron chi connectivity index (χ1n) is 7.26. The fourth-order valence-corrected chi connectivity index (χ4v) is 3.48. The summed E-state index contributed by atoms with van der Waals surface area (Å²) in [7, 11) is 0. The number of likely N-dealkylation sites (tertiary alicyclic amines) is 1. The number of carbonyl (C=O) groups is 2. The first kappa shape index (κ1) is 15.9. The normalized spacial score (nSPS) is 18.8. The zero-order valence-electron chi connectivity index (χ0n) is 12.4. The molecule has 0 spiro atoms. The molecule has 114 valence electrons. The zero-order valence-corrected chi connectivity index (χ0v) is 13.2. The highest BCUT2D eigenvalue weighted by Crippen LogP contribution is 2.28. The molecule has 2 rings (SSSR count). The second-order valence-corrected chi connectivity index (χ2v) is 7.21. The van der Waals surface area contributed by atoms with Crippen molar-refractivity contribution in [2.45, 2.75) is 36.8 Å². The van der Waals surface area contributed by atoms with Gasteiger partial charge in [0.2, 0.25) is 0 Å². The van der Waals surface area contributed by atoms with Crippen LogP contribution in [0, 0.1) is 5.92 Å². The van der Waals surface area contributed by atoms with Crippen molar-refractivity contribution in [3.63, 3.8) is 0 Å². The molecule has 0 aliphatic carbocycles. The molecule has 1 aromatic carbocycles. The van der Waals surface area contributed by atoms with Crippen LogP contribution in [0.1, 0.15) is 37.0 Å². The summed E-state index contributed by atoms with van der Waals surface area (Å²) in [4.78, 5) is 26.5. The molecular formula is C16H21NO3S. The van der Waals surface area contributed by atoms with Gasteiger partial charge in [0.05, 0.1) is 11.5 Å². The van der Waals surface area contributed by atoms with Gasteiger partial charge in [-0.15, -0.1) is 11.8 Å². The van der Waals surface area contributed by atoms with E-state index in [0.717, 1.165) is 11.3 Å². The maximum atomic E-state index is 12.7. The van der Waals surface area contributed by atoms with Gasteiger partial charge in [0.1, 0.15) is 0 Å². The van der Waals surface area contributed by atoms with Crippen molar-refractivity contribution in [3.05, 3.63) is 29.8 Å². The standard InChI is InChI=1S/C16H21NO3S/c1-11(2)21-14-8-4-3-7-13(14)15(18)17-9-5-6-12(10-17)16(19)20/h3-4,7-8,11-12H,5-6,9-10H2,1-2H3,(H,19,20). The Hall–Kier alpha value is -1.49. The van der Waals surface area contributed by atoms with E-state index in [1.807, 2.05) is 24.3 Å². The molecule has 0 bridgehead atoms. The summed E-state index contributed by atoms with van der Waals surface area (Å²) in [5, 5.41) is 9.54. The van der Waals surface area contributed by atoms with E-state index >= 15 is 0 Å². The summed E-state index contributed by atoms with van der Waals surface area (Å²) in [6.45, 7) is 5.14. The zero-order chi connectivity index (χ0) is 15.4. The van der Waals surface area contributed by atoms with E-state index < -0.39 is 11.9 Å². The summed E-state index contributed by atoms with van der Waals surface area (Å²) in [5.41, 5.74) is 0.683. The monoisotopic (exact) mass is 307 g/mol. The fraction of sp³-hybridized carbons (Fsp3) is 0.500. The Morgan fingerprint density at radius 1 is 1.33 bits per heavy atom. The van der Waals surface area contributed by atoms with Gasteiger partial charge in [0.25, 0.3) is 5.91 Å². The molecule has 1 saturated heterocycles. The van der Waals surface area contributed by atoms with Gasteiger partial charge in [-0.25, -0.2) is 0 Å². The Balaban J connectivity index is 2.18. The molecule has 0 saturated carbocycles. The maximum Gasteiger partial charge on any atom is 0.308 e. The number of piperidine rings is 1. The number of hydrogen-bond donors (Lipinski definition) is 1. The molecule has 1 N–H and O–H groups in total. The molecule has 1 unspecified atom stereocenters. The SMILES string of the molecule is CC(C)Sc1ccccc1C(=O)N1CCCC(C(=O)O)C1. The number of thioether (sulfide) groups is 1. The predicted molar refractivity (Wildman–Crippen MR) is 83.7 cm³/mol. The molecule has 1 fully saturated rings. The Bertz CT molecular complexity index is 530. The fourth-order valence-electron chi connectivity index (χ4n) is 2.53. The molecule has 21 heavy (non-hydrogen) atoms. The predicted octanol–water partition coefficient (Wildman–Crippen LogP) is 3.12. The van der Waals surface area contributed by atoms with Crippen LogP contribution in [0.25, 0.3) is 0 Å². The van der Waals surface area contributed by atoms with Gasteiger partial charge in [-0.05, 0) is 25.0 Å². The molecule has 4 nitrogen and oxygen atoms in total. The number of carbonyl (C=O) groups excluding carboxylic acids is 1. The van der Waals surface area contributed by atoms with Gasteiger partial charge in [-0.3, -0.25) is 9.59 Å². The van der Waals surface area contributed by atoms with Gasteiger partial charge in [-0.1, -0.05) is 26.0 Å². The molecule has 1 aliphatic heterocycles. The molecule has 1 atom stereocenters. The first-order chi connectivity index (χ1) is 9.99. The Morgan fingerprint density at radius 3 is 2.71 bits per heavy atom.